The Morgan fingerprint density at radius 2 is 1.96 bits per heavy atom. The number of nitrogens with zero attached hydrogens (tertiary/aromatic N) is 2. The number of likely N-dealkylation sites (tertiary alicyclic amines) is 1. The average molecular weight is 397 g/mol. The molecule has 24 heavy (non-hydrogen) atoms. The molecule has 2 bridgehead atoms. The summed E-state index contributed by atoms with van der Waals surface area (Å²) in [4.78, 5) is 18.5. The van der Waals surface area contributed by atoms with E-state index in [-0.39, 0.29) is 17.9 Å². The molecule has 1 aromatic rings. The number of aliphatic hydroxyl groups is 1. The lowest BCUT2D eigenvalue weighted by Gasteiger charge is -2.53. The van der Waals surface area contributed by atoms with Gasteiger partial charge in [0, 0.05) is 36.7 Å². The van der Waals surface area contributed by atoms with Crippen molar-refractivity contribution in [1.29, 1.82) is 0 Å². The second-order valence-electron chi connectivity index (χ2n) is 7.91. The van der Waals surface area contributed by atoms with Crippen molar-refractivity contribution in [2.45, 2.75) is 51.2 Å². The Hall–Kier alpha value is -1.14. The van der Waals surface area contributed by atoms with Crippen molar-refractivity contribution in [3.05, 3.63) is 28.5 Å². The highest BCUT2D eigenvalue weighted by Crippen LogP contribution is 2.49. The third kappa shape index (κ3) is 3.31. The van der Waals surface area contributed by atoms with E-state index in [1.807, 2.05) is 32.9 Å². The van der Waals surface area contributed by atoms with Crippen molar-refractivity contribution in [2.24, 2.45) is 11.8 Å². The molecule has 1 amide bonds. The second kappa shape index (κ2) is 6.30. The van der Waals surface area contributed by atoms with Gasteiger partial charge in [0.05, 0.1) is 0 Å². The Kier molecular flexibility index (Phi) is 4.64. The average Bonchev–Trinajstić information content (AvgIpc) is 2.45. The summed E-state index contributed by atoms with van der Waals surface area (Å²) in [6.07, 6.45) is 4.36. The summed E-state index contributed by atoms with van der Waals surface area (Å²) in [7, 11) is 0. The molecular weight excluding hydrogens is 372 g/mol. The van der Waals surface area contributed by atoms with Crippen LogP contribution in [0.15, 0.2) is 22.9 Å². The number of halogens is 1. The molecule has 2 atom stereocenters. The molecule has 132 valence electrons. The molecule has 0 spiro atoms. The molecule has 2 fully saturated rings. The zero-order valence-electron chi connectivity index (χ0n) is 14.5. The lowest BCUT2D eigenvalue weighted by molar-refractivity contribution is -0.144. The highest BCUT2D eigenvalue weighted by Gasteiger charge is 2.52. The molecular formula is C18H25BrN2O3. The number of amides is 1. The normalized spacial score (nSPS) is 30.1. The molecule has 2 aliphatic rings. The zero-order chi connectivity index (χ0) is 17.5. The van der Waals surface area contributed by atoms with Crippen LogP contribution in [0, 0.1) is 11.8 Å². The summed E-state index contributed by atoms with van der Waals surface area (Å²) in [5.74, 6) is 0.0287. The minimum absolute atomic E-state index is 0.0143. The lowest BCUT2D eigenvalue weighted by Crippen LogP contribution is -2.59. The van der Waals surface area contributed by atoms with E-state index in [1.54, 1.807) is 11.1 Å². The Bertz CT molecular complexity index is 598. The molecule has 2 heterocycles. The summed E-state index contributed by atoms with van der Waals surface area (Å²) < 4.78 is 6.27. The van der Waals surface area contributed by atoms with E-state index < -0.39 is 11.2 Å². The monoisotopic (exact) mass is 396 g/mol. The predicted octanol–water partition coefficient (Wildman–Crippen LogP) is 3.70. The minimum atomic E-state index is -0.912. The number of fused-ring (bicyclic) bond motifs is 2. The van der Waals surface area contributed by atoms with Crippen LogP contribution in [-0.4, -0.2) is 39.8 Å². The smallest absolute Gasteiger partial charge is 0.410 e. The first-order valence-corrected chi connectivity index (χ1v) is 9.32. The van der Waals surface area contributed by atoms with Gasteiger partial charge in [-0.2, -0.15) is 0 Å². The van der Waals surface area contributed by atoms with Crippen LogP contribution in [0.2, 0.25) is 0 Å². The van der Waals surface area contributed by atoms with E-state index in [4.69, 9.17) is 4.74 Å². The van der Waals surface area contributed by atoms with E-state index in [1.165, 1.54) is 0 Å². The quantitative estimate of drug-likeness (QED) is 0.735. The lowest BCUT2D eigenvalue weighted by atomic mass is 9.63. The number of carbonyl (C=O) groups excluding carboxylic acids is 1. The summed E-state index contributed by atoms with van der Waals surface area (Å²) >= 11 is 3.34. The molecule has 1 aliphatic heterocycles. The van der Waals surface area contributed by atoms with Crippen LogP contribution >= 0.6 is 15.9 Å². The topological polar surface area (TPSA) is 62.7 Å². The first kappa shape index (κ1) is 17.7. The second-order valence-corrected chi connectivity index (χ2v) is 8.72. The number of aromatic nitrogens is 1. The van der Waals surface area contributed by atoms with Gasteiger partial charge in [0.15, 0.2) is 0 Å². The van der Waals surface area contributed by atoms with Crippen LogP contribution < -0.4 is 0 Å². The zero-order valence-corrected chi connectivity index (χ0v) is 16.0. The van der Waals surface area contributed by atoms with Gasteiger partial charge in [-0.15, -0.1) is 0 Å². The van der Waals surface area contributed by atoms with Crippen molar-refractivity contribution in [3.8, 4) is 0 Å². The fourth-order valence-electron chi connectivity index (χ4n) is 4.01. The maximum absolute atomic E-state index is 12.4. The van der Waals surface area contributed by atoms with E-state index >= 15 is 0 Å². The maximum atomic E-state index is 12.4. The highest BCUT2D eigenvalue weighted by atomic mass is 79.9. The largest absolute Gasteiger partial charge is 0.444 e. The number of rotatable bonds is 1. The molecule has 2 unspecified atom stereocenters. The number of piperidine rings is 1. The molecule has 1 aromatic heterocycles. The number of carbonyl (C=O) groups is 1. The van der Waals surface area contributed by atoms with Crippen molar-refractivity contribution in [1.82, 2.24) is 9.88 Å². The van der Waals surface area contributed by atoms with Crippen LogP contribution in [0.1, 0.15) is 45.6 Å². The Morgan fingerprint density at radius 3 is 2.46 bits per heavy atom. The molecule has 5 nitrogen and oxygen atoms in total. The van der Waals surface area contributed by atoms with Gasteiger partial charge in [-0.3, -0.25) is 0 Å². The van der Waals surface area contributed by atoms with Gasteiger partial charge in [0.1, 0.15) is 15.8 Å². The summed E-state index contributed by atoms with van der Waals surface area (Å²) in [5, 5.41) is 11.5. The molecule has 1 aliphatic carbocycles. The molecule has 1 saturated heterocycles. The van der Waals surface area contributed by atoms with Crippen molar-refractivity contribution in [2.75, 3.05) is 13.1 Å². The highest BCUT2D eigenvalue weighted by molar-refractivity contribution is 9.10. The first-order valence-electron chi connectivity index (χ1n) is 8.52. The van der Waals surface area contributed by atoms with E-state index in [0.717, 1.165) is 29.4 Å². The SMILES string of the molecule is CC(C)(C)OC(=O)N1CC2CCCC(C1)C2(O)c1ccc(Br)nc1. The standard InChI is InChI=1S/C18H25BrN2O3/c1-17(2,3)24-16(22)21-10-13-5-4-6-14(11-21)18(13,23)12-7-8-15(19)20-9-12/h7-9,13-14,23H,4-6,10-11H2,1-3H3. The van der Waals surface area contributed by atoms with Crippen molar-refractivity contribution < 1.29 is 14.6 Å². The van der Waals surface area contributed by atoms with Crippen molar-refractivity contribution >= 4 is 22.0 Å². The maximum Gasteiger partial charge on any atom is 0.410 e. The van der Waals surface area contributed by atoms with Crippen LogP contribution in [0.25, 0.3) is 0 Å². The molecule has 1 saturated carbocycles. The van der Waals surface area contributed by atoms with Crippen molar-refractivity contribution in [3.63, 3.8) is 0 Å². The first-order chi connectivity index (χ1) is 11.2. The van der Waals surface area contributed by atoms with Gasteiger partial charge in [0.25, 0.3) is 0 Å². The Balaban J connectivity index is 1.83. The van der Waals surface area contributed by atoms with Crippen LogP contribution in [0.4, 0.5) is 4.79 Å². The minimum Gasteiger partial charge on any atom is -0.444 e. The number of hydrogen-bond donors (Lipinski definition) is 1. The molecule has 0 radical (unpaired) electrons. The Morgan fingerprint density at radius 1 is 1.33 bits per heavy atom. The third-order valence-corrected chi connectivity index (χ3v) is 5.54. The van der Waals surface area contributed by atoms with Crippen LogP contribution in [-0.2, 0) is 10.3 Å². The number of ether oxygens (including phenoxy) is 1. The number of hydrogen-bond acceptors (Lipinski definition) is 4. The van der Waals surface area contributed by atoms with Crippen LogP contribution in [0.5, 0.6) is 0 Å². The summed E-state index contributed by atoms with van der Waals surface area (Å²) in [6.45, 7) is 6.68. The van der Waals surface area contributed by atoms with Crippen LogP contribution in [0.3, 0.4) is 0 Å². The summed E-state index contributed by atoms with van der Waals surface area (Å²) in [6, 6.07) is 3.80. The van der Waals surface area contributed by atoms with Gasteiger partial charge in [-0.1, -0.05) is 12.5 Å². The van der Waals surface area contributed by atoms with Gasteiger partial charge in [-0.25, -0.2) is 9.78 Å². The van der Waals surface area contributed by atoms with Gasteiger partial charge in [0.2, 0.25) is 0 Å². The van der Waals surface area contributed by atoms with Gasteiger partial charge >= 0.3 is 6.09 Å². The summed E-state index contributed by atoms with van der Waals surface area (Å²) in [5.41, 5.74) is -0.565. The van der Waals surface area contributed by atoms with Gasteiger partial charge < -0.3 is 14.7 Å². The third-order valence-electron chi connectivity index (χ3n) is 5.07. The molecule has 3 rings (SSSR count). The van der Waals surface area contributed by atoms with E-state index in [9.17, 15) is 9.90 Å². The van der Waals surface area contributed by atoms with E-state index in [0.29, 0.717) is 13.1 Å². The predicted molar refractivity (Wildman–Crippen MR) is 94.5 cm³/mol. The fourth-order valence-corrected chi connectivity index (χ4v) is 4.25. The number of pyridine rings is 1. The van der Waals surface area contributed by atoms with E-state index in [2.05, 4.69) is 20.9 Å². The fraction of sp³-hybridized carbons (Fsp3) is 0.667. The molecule has 1 N–H and O–H groups in total. The van der Waals surface area contributed by atoms with Gasteiger partial charge in [-0.05, 0) is 55.6 Å². The molecule has 0 aromatic carbocycles. The molecule has 6 heteroatoms. The Labute approximate surface area is 151 Å².